The Morgan fingerprint density at radius 2 is 1.75 bits per heavy atom. The Morgan fingerprint density at radius 1 is 1.15 bits per heavy atom. The largest absolute Gasteiger partial charge is 0.509 e. The molecule has 0 heterocycles. The standard InChI is InChI=1S/C16H21BF3/c1-13(2)5-4-6-14(3)7-8-15-9-11-16(12-10-15)17(18,19)20/h5,7-12,14H,4,6H2,1-3H3/q-1/b8-7+. The van der Waals surface area contributed by atoms with Crippen LogP contribution in [-0.2, 0) is 0 Å². The summed E-state index contributed by atoms with van der Waals surface area (Å²) in [5.41, 5.74) is 1.58. The lowest BCUT2D eigenvalue weighted by molar-refractivity contribution is 0.501. The molecule has 0 N–H and O–H groups in total. The molecule has 0 amide bonds. The van der Waals surface area contributed by atoms with Gasteiger partial charge in [0.05, 0.1) is 0 Å². The van der Waals surface area contributed by atoms with Gasteiger partial charge in [-0.2, -0.15) is 0 Å². The van der Waals surface area contributed by atoms with E-state index in [2.05, 4.69) is 26.8 Å². The van der Waals surface area contributed by atoms with Gasteiger partial charge in [-0.3, -0.25) is 0 Å². The summed E-state index contributed by atoms with van der Waals surface area (Å²) in [6, 6.07) is 5.33. The van der Waals surface area contributed by atoms with Gasteiger partial charge < -0.3 is 12.9 Å². The van der Waals surface area contributed by atoms with Gasteiger partial charge in [0.1, 0.15) is 0 Å². The first-order chi connectivity index (χ1) is 9.29. The summed E-state index contributed by atoms with van der Waals surface area (Å²) in [5.74, 6) is 0.414. The fourth-order valence-electron chi connectivity index (χ4n) is 1.83. The van der Waals surface area contributed by atoms with E-state index in [1.54, 1.807) is 0 Å². The van der Waals surface area contributed by atoms with Gasteiger partial charge in [-0.25, -0.2) is 0 Å². The van der Waals surface area contributed by atoms with Crippen molar-refractivity contribution in [1.29, 1.82) is 0 Å². The molecule has 4 heteroatoms. The Morgan fingerprint density at radius 3 is 2.25 bits per heavy atom. The van der Waals surface area contributed by atoms with E-state index in [0.717, 1.165) is 30.5 Å². The van der Waals surface area contributed by atoms with Gasteiger partial charge in [0.25, 0.3) is 0 Å². The number of allylic oxidation sites excluding steroid dienone is 3. The smallest absolute Gasteiger partial charge is 0.445 e. The maximum Gasteiger partial charge on any atom is 0.509 e. The van der Waals surface area contributed by atoms with Gasteiger partial charge >= 0.3 is 6.98 Å². The average molecular weight is 281 g/mol. The summed E-state index contributed by atoms with van der Waals surface area (Å²) in [5, 5.41) is 0. The van der Waals surface area contributed by atoms with Gasteiger partial charge in [-0.15, -0.1) is 5.46 Å². The highest BCUT2D eigenvalue weighted by Gasteiger charge is 2.24. The van der Waals surface area contributed by atoms with Crippen LogP contribution < -0.4 is 5.46 Å². The van der Waals surface area contributed by atoms with E-state index >= 15 is 0 Å². The molecular weight excluding hydrogens is 260 g/mol. The van der Waals surface area contributed by atoms with Crippen LogP contribution in [0.2, 0.25) is 0 Å². The summed E-state index contributed by atoms with van der Waals surface area (Å²) in [7, 11) is 0. The van der Waals surface area contributed by atoms with Crippen LogP contribution in [0.15, 0.2) is 42.0 Å². The van der Waals surface area contributed by atoms with E-state index in [1.165, 1.54) is 17.7 Å². The summed E-state index contributed by atoms with van der Waals surface area (Å²) in [4.78, 5) is 0. The summed E-state index contributed by atoms with van der Waals surface area (Å²) in [6.45, 7) is 1.37. The highest BCUT2D eigenvalue weighted by atomic mass is 19.4. The van der Waals surface area contributed by atoms with E-state index in [4.69, 9.17) is 0 Å². The van der Waals surface area contributed by atoms with Gasteiger partial charge in [0, 0.05) is 0 Å². The average Bonchev–Trinajstić information content (AvgIpc) is 2.35. The summed E-state index contributed by atoms with van der Waals surface area (Å²) >= 11 is 0. The van der Waals surface area contributed by atoms with Crippen LogP contribution in [0.25, 0.3) is 6.08 Å². The molecule has 0 aromatic heterocycles. The van der Waals surface area contributed by atoms with Crippen molar-refractivity contribution < 1.29 is 12.9 Å². The molecule has 0 aliphatic rings. The first-order valence-electron chi connectivity index (χ1n) is 6.90. The topological polar surface area (TPSA) is 0 Å². The minimum atomic E-state index is -4.89. The molecule has 110 valence electrons. The van der Waals surface area contributed by atoms with Gasteiger partial charge in [-0.05, 0) is 38.2 Å². The van der Waals surface area contributed by atoms with Crippen molar-refractivity contribution >= 4 is 18.5 Å². The van der Waals surface area contributed by atoms with Gasteiger partial charge in [-0.1, -0.05) is 55.0 Å². The summed E-state index contributed by atoms with van der Waals surface area (Å²) < 4.78 is 37.4. The molecular formula is C16H21BF3-. The lowest BCUT2D eigenvalue weighted by Gasteiger charge is -2.14. The summed E-state index contributed by atoms with van der Waals surface area (Å²) in [6.07, 6.45) is 8.21. The molecule has 0 aliphatic heterocycles. The molecule has 0 bridgehead atoms. The van der Waals surface area contributed by atoms with E-state index < -0.39 is 12.4 Å². The molecule has 0 saturated heterocycles. The van der Waals surface area contributed by atoms with Crippen LogP contribution in [-0.4, -0.2) is 6.98 Å². The van der Waals surface area contributed by atoms with Crippen LogP contribution in [0.3, 0.4) is 0 Å². The second-order valence-corrected chi connectivity index (χ2v) is 5.44. The molecule has 1 atom stereocenters. The van der Waals surface area contributed by atoms with Crippen LogP contribution in [0, 0.1) is 5.92 Å². The number of benzene rings is 1. The molecule has 1 aromatic rings. The quantitative estimate of drug-likeness (QED) is 0.500. The monoisotopic (exact) mass is 281 g/mol. The van der Waals surface area contributed by atoms with Crippen LogP contribution in [0.1, 0.15) is 39.2 Å². The molecule has 0 aliphatic carbocycles. The predicted molar refractivity (Wildman–Crippen MR) is 82.0 cm³/mol. The van der Waals surface area contributed by atoms with E-state index in [0.29, 0.717) is 5.92 Å². The zero-order valence-corrected chi connectivity index (χ0v) is 12.2. The van der Waals surface area contributed by atoms with Crippen LogP contribution >= 0.6 is 0 Å². The minimum Gasteiger partial charge on any atom is -0.445 e. The Bertz CT molecular complexity index is 465. The van der Waals surface area contributed by atoms with Crippen LogP contribution in [0.4, 0.5) is 12.9 Å². The van der Waals surface area contributed by atoms with Crippen molar-refractivity contribution in [2.75, 3.05) is 0 Å². The number of halogens is 3. The lowest BCUT2D eigenvalue weighted by atomic mass is 9.80. The fourth-order valence-corrected chi connectivity index (χ4v) is 1.83. The normalized spacial score (nSPS) is 13.5. The fraction of sp³-hybridized carbons (Fsp3) is 0.375. The van der Waals surface area contributed by atoms with Crippen LogP contribution in [0.5, 0.6) is 0 Å². The second kappa shape index (κ2) is 7.37. The molecule has 20 heavy (non-hydrogen) atoms. The van der Waals surface area contributed by atoms with E-state index in [9.17, 15) is 12.9 Å². The second-order valence-electron chi connectivity index (χ2n) is 5.44. The molecule has 1 unspecified atom stereocenters. The number of rotatable bonds is 6. The van der Waals surface area contributed by atoms with Crippen molar-refractivity contribution in [2.24, 2.45) is 5.92 Å². The zero-order valence-electron chi connectivity index (χ0n) is 12.2. The molecule has 1 aromatic carbocycles. The highest BCUT2D eigenvalue weighted by Crippen LogP contribution is 2.13. The van der Waals surface area contributed by atoms with Gasteiger partial charge in [0.2, 0.25) is 0 Å². The Kier molecular flexibility index (Phi) is 6.12. The minimum absolute atomic E-state index is 0.414. The number of hydrogen-bond donors (Lipinski definition) is 0. The lowest BCUT2D eigenvalue weighted by Crippen LogP contribution is -2.33. The number of hydrogen-bond acceptors (Lipinski definition) is 0. The van der Waals surface area contributed by atoms with Gasteiger partial charge in [0.15, 0.2) is 0 Å². The Hall–Kier alpha value is -1.45. The first kappa shape index (κ1) is 16.6. The first-order valence-corrected chi connectivity index (χ1v) is 6.90. The SMILES string of the molecule is CC(C)=CCCC(C)/C=C/c1ccc([B-](F)(F)F)cc1. The van der Waals surface area contributed by atoms with Crippen molar-refractivity contribution in [3.05, 3.63) is 47.6 Å². The third-order valence-corrected chi connectivity index (χ3v) is 3.11. The third kappa shape index (κ3) is 6.13. The maximum absolute atomic E-state index is 12.5. The van der Waals surface area contributed by atoms with Crippen molar-refractivity contribution in [2.45, 2.75) is 33.6 Å². The van der Waals surface area contributed by atoms with Crippen molar-refractivity contribution in [3.8, 4) is 0 Å². The van der Waals surface area contributed by atoms with E-state index in [1.807, 2.05) is 12.2 Å². The Balaban J connectivity index is 2.55. The molecule has 0 saturated carbocycles. The molecule has 0 spiro atoms. The van der Waals surface area contributed by atoms with Crippen molar-refractivity contribution in [3.63, 3.8) is 0 Å². The zero-order chi connectivity index (χ0) is 15.2. The maximum atomic E-state index is 12.5. The highest BCUT2D eigenvalue weighted by molar-refractivity contribution is 6.73. The third-order valence-electron chi connectivity index (χ3n) is 3.11. The predicted octanol–water partition coefficient (Wildman–Crippen LogP) is 5.14. The van der Waals surface area contributed by atoms with Crippen molar-refractivity contribution in [1.82, 2.24) is 0 Å². The molecule has 1 rings (SSSR count). The van der Waals surface area contributed by atoms with E-state index in [-0.39, 0.29) is 0 Å². The molecule has 0 fully saturated rings. The Labute approximate surface area is 119 Å². The molecule has 0 nitrogen and oxygen atoms in total. The molecule has 0 radical (unpaired) electrons.